The van der Waals surface area contributed by atoms with E-state index in [2.05, 4.69) is 16.0 Å². The van der Waals surface area contributed by atoms with Crippen molar-refractivity contribution in [3.05, 3.63) is 34.9 Å². The number of carbonyl (C=O) groups is 4. The first kappa shape index (κ1) is 24.5. The van der Waals surface area contributed by atoms with Crippen LogP contribution in [0.25, 0.3) is 0 Å². The van der Waals surface area contributed by atoms with Gasteiger partial charge in [0.05, 0.1) is 17.8 Å². The molecule has 1 unspecified atom stereocenters. The minimum Gasteiger partial charge on any atom is -0.465 e. The largest absolute Gasteiger partial charge is 0.465 e. The van der Waals surface area contributed by atoms with Gasteiger partial charge in [-0.3, -0.25) is 24.5 Å². The Morgan fingerprint density at radius 1 is 1.22 bits per heavy atom. The normalized spacial score (nSPS) is 31.8. The maximum Gasteiger partial charge on any atom is 0.315 e. The predicted molar refractivity (Wildman–Crippen MR) is 131 cm³/mol. The van der Waals surface area contributed by atoms with Crippen molar-refractivity contribution < 1.29 is 28.7 Å². The molecular weight excluding hydrogens is 476 g/mol. The van der Waals surface area contributed by atoms with Crippen LogP contribution in [0.3, 0.4) is 0 Å². The number of hydrogen-bond acceptors (Lipinski definition) is 8. The number of esters is 1. The van der Waals surface area contributed by atoms with Crippen molar-refractivity contribution in [2.45, 2.75) is 75.8 Å². The Hall–Kier alpha value is -2.82. The van der Waals surface area contributed by atoms with Gasteiger partial charge in [-0.05, 0) is 69.3 Å². The van der Waals surface area contributed by atoms with Gasteiger partial charge in [0, 0.05) is 31.6 Å². The van der Waals surface area contributed by atoms with E-state index in [0.29, 0.717) is 51.1 Å². The van der Waals surface area contributed by atoms with Crippen molar-refractivity contribution in [2.75, 3.05) is 26.2 Å². The summed E-state index contributed by atoms with van der Waals surface area (Å²) < 4.78 is 12.2. The number of fused-ring (bicyclic) bond motifs is 1. The van der Waals surface area contributed by atoms with Gasteiger partial charge in [0.1, 0.15) is 11.5 Å². The molecule has 10 nitrogen and oxygen atoms in total. The fraction of sp³-hybridized carbons (Fsp3) is 0.630. The van der Waals surface area contributed by atoms with Gasteiger partial charge in [0.2, 0.25) is 11.8 Å². The second kappa shape index (κ2) is 8.89. The second-order valence-electron chi connectivity index (χ2n) is 11.2. The third-order valence-electron chi connectivity index (χ3n) is 8.97. The van der Waals surface area contributed by atoms with Crippen LogP contribution >= 0.6 is 0 Å². The highest BCUT2D eigenvalue weighted by Crippen LogP contribution is 2.69. The van der Waals surface area contributed by atoms with Crippen LogP contribution in [0.15, 0.2) is 18.2 Å². The van der Waals surface area contributed by atoms with Crippen LogP contribution in [0.5, 0.6) is 0 Å². The van der Waals surface area contributed by atoms with Crippen molar-refractivity contribution in [1.29, 1.82) is 0 Å². The molecule has 37 heavy (non-hydrogen) atoms. The molecule has 3 amide bonds. The van der Waals surface area contributed by atoms with Crippen LogP contribution in [-0.2, 0) is 36.9 Å². The molecule has 0 radical (unpaired) electrons. The average Bonchev–Trinajstić information content (AvgIpc) is 3.41. The third-order valence-corrected chi connectivity index (χ3v) is 8.97. The van der Waals surface area contributed by atoms with E-state index >= 15 is 0 Å². The summed E-state index contributed by atoms with van der Waals surface area (Å²) in [6, 6.07) is 5.16. The smallest absolute Gasteiger partial charge is 0.315 e. The van der Waals surface area contributed by atoms with Crippen molar-refractivity contribution in [2.24, 2.45) is 5.41 Å². The van der Waals surface area contributed by atoms with Crippen molar-refractivity contribution in [3.63, 3.8) is 0 Å². The highest BCUT2D eigenvalue weighted by atomic mass is 16.6. The van der Waals surface area contributed by atoms with Gasteiger partial charge in [0.15, 0.2) is 0 Å². The van der Waals surface area contributed by atoms with E-state index in [9.17, 15) is 19.2 Å². The maximum atomic E-state index is 13.0. The van der Waals surface area contributed by atoms with Gasteiger partial charge >= 0.3 is 5.97 Å². The molecule has 0 aromatic heterocycles. The minimum absolute atomic E-state index is 0.117. The van der Waals surface area contributed by atoms with Gasteiger partial charge in [-0.2, -0.15) is 0 Å². The summed E-state index contributed by atoms with van der Waals surface area (Å²) >= 11 is 0. The molecule has 10 heteroatoms. The first-order chi connectivity index (χ1) is 17.8. The van der Waals surface area contributed by atoms with Crippen molar-refractivity contribution >= 4 is 23.7 Å². The number of imide groups is 1. The summed E-state index contributed by atoms with van der Waals surface area (Å²) in [4.78, 5) is 51.3. The van der Waals surface area contributed by atoms with Crippen molar-refractivity contribution in [3.8, 4) is 0 Å². The highest BCUT2D eigenvalue weighted by molar-refractivity contribution is 6.05. The molecule has 2 bridgehead atoms. The summed E-state index contributed by atoms with van der Waals surface area (Å²) in [6.45, 7) is 5.51. The first-order valence-corrected chi connectivity index (χ1v) is 13.4. The zero-order chi connectivity index (χ0) is 25.8. The zero-order valence-electron chi connectivity index (χ0n) is 21.2. The summed E-state index contributed by atoms with van der Waals surface area (Å²) in [5, 5.41) is 9.25. The number of nitrogens with zero attached hydrogens (tertiary/aromatic N) is 1. The first-order valence-electron chi connectivity index (χ1n) is 13.4. The van der Waals surface area contributed by atoms with E-state index in [1.807, 2.05) is 25.1 Å². The minimum atomic E-state index is -0.613. The Morgan fingerprint density at radius 2 is 2.00 bits per heavy atom. The summed E-state index contributed by atoms with van der Waals surface area (Å²) in [5.41, 5.74) is 1.19. The fourth-order valence-electron chi connectivity index (χ4n) is 7.30. The lowest BCUT2D eigenvalue weighted by atomic mass is 9.54. The molecule has 198 valence electrons. The predicted octanol–water partition coefficient (Wildman–Crippen LogP) is 0.772. The fourth-order valence-corrected chi connectivity index (χ4v) is 7.30. The Morgan fingerprint density at radius 3 is 2.73 bits per heavy atom. The number of piperidine rings is 2. The maximum absolute atomic E-state index is 13.0. The molecule has 4 saturated heterocycles. The molecule has 1 aromatic rings. The lowest BCUT2D eigenvalue weighted by Crippen LogP contribution is -2.59. The van der Waals surface area contributed by atoms with Crippen LogP contribution in [0.1, 0.15) is 66.9 Å². The second-order valence-corrected chi connectivity index (χ2v) is 11.2. The van der Waals surface area contributed by atoms with E-state index < -0.39 is 23.0 Å². The van der Waals surface area contributed by atoms with E-state index in [4.69, 9.17) is 9.47 Å². The standard InChI is InChI=1S/C27H34N4O6/c1-2-36-24(35)26-14-25(15-26,37-27(26)7-9-28-10-8-27)16-29-12-17-3-4-19-18(11-17)13-31(23(19)34)20-5-6-21(32)30-22(20)33/h3-4,11,20,28-29H,2,5-10,12-16H2,1H3,(H,30,32,33). The molecule has 1 aliphatic carbocycles. The van der Waals surface area contributed by atoms with Crippen molar-refractivity contribution in [1.82, 2.24) is 20.9 Å². The number of ether oxygens (including phenoxy) is 2. The molecule has 1 spiro atoms. The Balaban J connectivity index is 1.09. The van der Waals surface area contributed by atoms with Crippen LogP contribution in [0, 0.1) is 5.41 Å². The van der Waals surface area contributed by atoms with E-state index in [-0.39, 0.29) is 29.8 Å². The van der Waals surface area contributed by atoms with Crippen LogP contribution in [0.2, 0.25) is 0 Å². The molecule has 5 fully saturated rings. The molecule has 5 aliphatic heterocycles. The monoisotopic (exact) mass is 510 g/mol. The SMILES string of the molecule is CCOC(=O)C12CC(CNCc3ccc4c(c3)CN(C3CCC(=O)NC3=O)C4=O)(C1)OC21CCNCC1. The van der Waals surface area contributed by atoms with E-state index in [1.165, 1.54) is 0 Å². The number of carbonyl (C=O) groups excluding carboxylic acids is 4. The zero-order valence-corrected chi connectivity index (χ0v) is 21.2. The summed E-state index contributed by atoms with van der Waals surface area (Å²) in [6.07, 6.45) is 3.60. The number of nitrogens with one attached hydrogen (secondary N) is 3. The quantitative estimate of drug-likeness (QED) is 0.363. The molecule has 6 aliphatic rings. The van der Waals surface area contributed by atoms with E-state index in [1.54, 1.807) is 4.90 Å². The highest BCUT2D eigenvalue weighted by Gasteiger charge is 2.78. The Labute approximate surface area is 215 Å². The molecule has 1 atom stereocenters. The Bertz CT molecular complexity index is 1150. The topological polar surface area (TPSA) is 126 Å². The molecule has 7 rings (SSSR count). The van der Waals surface area contributed by atoms with Crippen LogP contribution in [0.4, 0.5) is 0 Å². The molecule has 5 heterocycles. The van der Waals surface area contributed by atoms with Gasteiger partial charge in [-0.1, -0.05) is 12.1 Å². The number of rotatable bonds is 7. The lowest BCUT2D eigenvalue weighted by molar-refractivity contribution is -0.166. The van der Waals surface area contributed by atoms with E-state index in [0.717, 1.165) is 37.1 Å². The lowest BCUT2D eigenvalue weighted by Gasteiger charge is -2.47. The van der Waals surface area contributed by atoms with Crippen LogP contribution < -0.4 is 16.0 Å². The number of hydrogen-bond donors (Lipinski definition) is 3. The Kier molecular flexibility index (Phi) is 5.89. The molecular formula is C27H34N4O6. The average molecular weight is 511 g/mol. The van der Waals surface area contributed by atoms with Gasteiger partial charge in [-0.25, -0.2) is 0 Å². The molecule has 1 saturated carbocycles. The number of benzene rings is 1. The molecule has 1 aromatic carbocycles. The molecule has 3 N–H and O–H groups in total. The van der Waals surface area contributed by atoms with Gasteiger partial charge in [0.25, 0.3) is 5.91 Å². The number of amides is 3. The summed E-state index contributed by atoms with van der Waals surface area (Å²) in [5.74, 6) is -0.976. The third kappa shape index (κ3) is 3.80. The van der Waals surface area contributed by atoms with Crippen LogP contribution in [-0.4, -0.2) is 72.1 Å². The van der Waals surface area contributed by atoms with Gasteiger partial charge in [-0.15, -0.1) is 0 Å². The summed E-state index contributed by atoms with van der Waals surface area (Å²) in [7, 11) is 0. The van der Waals surface area contributed by atoms with Gasteiger partial charge < -0.3 is 25.0 Å².